The van der Waals surface area contributed by atoms with E-state index in [1.807, 2.05) is 0 Å². The van der Waals surface area contributed by atoms with Crippen LogP contribution < -0.4 is 10.6 Å². The largest absolute Gasteiger partial charge is 0.362 e. The maximum absolute atomic E-state index is 5.33. The molecule has 0 bridgehead atoms. The number of thiocarbonyl (C=S) groups is 1. The van der Waals surface area contributed by atoms with Crippen LogP contribution in [0.15, 0.2) is 0 Å². The number of nitrogens with one attached hydrogen (secondary N) is 2. The fourth-order valence-electron chi connectivity index (χ4n) is 3.05. The third kappa shape index (κ3) is 3.62. The smallest absolute Gasteiger partial charge is 0.166 e. The van der Waals surface area contributed by atoms with Crippen LogP contribution in [0.5, 0.6) is 0 Å². The molecule has 2 nitrogen and oxygen atoms in total. The van der Waals surface area contributed by atoms with Gasteiger partial charge in [0.15, 0.2) is 5.11 Å². The van der Waals surface area contributed by atoms with Gasteiger partial charge in [-0.25, -0.2) is 0 Å². The lowest BCUT2D eigenvalue weighted by atomic mass is 10.1. The highest BCUT2D eigenvalue weighted by Crippen LogP contribution is 2.29. The van der Waals surface area contributed by atoms with Gasteiger partial charge in [0.1, 0.15) is 0 Å². The first-order chi connectivity index (χ1) is 7.74. The first-order valence-electron chi connectivity index (χ1n) is 6.78. The summed E-state index contributed by atoms with van der Waals surface area (Å²) >= 11 is 5.33. The van der Waals surface area contributed by atoms with Crippen molar-refractivity contribution in [3.8, 4) is 0 Å². The van der Waals surface area contributed by atoms with Crippen molar-refractivity contribution >= 4 is 17.3 Å². The molecule has 3 heteroatoms. The third-order valence-corrected chi connectivity index (χ3v) is 4.31. The Morgan fingerprint density at radius 2 is 1.94 bits per heavy atom. The van der Waals surface area contributed by atoms with Crippen LogP contribution in [0.4, 0.5) is 0 Å². The van der Waals surface area contributed by atoms with E-state index >= 15 is 0 Å². The summed E-state index contributed by atoms with van der Waals surface area (Å²) in [6.45, 7) is 3.43. The van der Waals surface area contributed by atoms with Gasteiger partial charge in [-0.1, -0.05) is 26.2 Å². The molecule has 0 aromatic rings. The number of rotatable bonds is 3. The molecular weight excluding hydrogens is 216 g/mol. The minimum Gasteiger partial charge on any atom is -0.362 e. The molecule has 2 fully saturated rings. The van der Waals surface area contributed by atoms with Crippen LogP contribution in [-0.4, -0.2) is 17.7 Å². The van der Waals surface area contributed by atoms with E-state index in [4.69, 9.17) is 12.2 Å². The Morgan fingerprint density at radius 1 is 1.19 bits per heavy atom. The van der Waals surface area contributed by atoms with Crippen LogP contribution in [0.3, 0.4) is 0 Å². The minimum absolute atomic E-state index is 0.641. The standard InChI is InChI=1S/C13H24N2S/c1-10-6-7-11(8-10)9-14-13(16)15-12-4-2-3-5-12/h10-12H,2-9H2,1H3,(H2,14,15,16). The zero-order valence-electron chi connectivity index (χ0n) is 10.3. The van der Waals surface area contributed by atoms with Crippen molar-refractivity contribution in [1.82, 2.24) is 10.6 Å². The van der Waals surface area contributed by atoms with E-state index in [0.717, 1.165) is 23.5 Å². The summed E-state index contributed by atoms with van der Waals surface area (Å²) < 4.78 is 0. The second kappa shape index (κ2) is 5.85. The molecule has 2 saturated carbocycles. The summed E-state index contributed by atoms with van der Waals surface area (Å²) in [4.78, 5) is 0. The SMILES string of the molecule is CC1CCC(CNC(=S)NC2CCCC2)C1. The summed E-state index contributed by atoms with van der Waals surface area (Å²) in [5, 5.41) is 7.71. The van der Waals surface area contributed by atoms with E-state index in [1.54, 1.807) is 0 Å². The molecule has 2 aliphatic rings. The first kappa shape index (κ1) is 12.2. The van der Waals surface area contributed by atoms with Crippen LogP contribution in [0.1, 0.15) is 51.9 Å². The van der Waals surface area contributed by atoms with E-state index in [2.05, 4.69) is 17.6 Å². The monoisotopic (exact) mass is 240 g/mol. The van der Waals surface area contributed by atoms with Crippen LogP contribution >= 0.6 is 12.2 Å². The van der Waals surface area contributed by atoms with E-state index in [-0.39, 0.29) is 0 Å². The van der Waals surface area contributed by atoms with Gasteiger partial charge in [0.05, 0.1) is 0 Å². The maximum Gasteiger partial charge on any atom is 0.166 e. The molecule has 0 radical (unpaired) electrons. The number of hydrogen-bond donors (Lipinski definition) is 2. The fourth-order valence-corrected chi connectivity index (χ4v) is 3.30. The second-order valence-electron chi connectivity index (χ2n) is 5.62. The predicted molar refractivity (Wildman–Crippen MR) is 72.5 cm³/mol. The van der Waals surface area contributed by atoms with E-state index < -0.39 is 0 Å². The highest BCUT2D eigenvalue weighted by Gasteiger charge is 2.21. The molecule has 0 aromatic heterocycles. The number of hydrogen-bond acceptors (Lipinski definition) is 1. The zero-order valence-corrected chi connectivity index (χ0v) is 11.1. The summed E-state index contributed by atoms with van der Waals surface area (Å²) in [6, 6.07) is 0.641. The first-order valence-corrected chi connectivity index (χ1v) is 7.19. The van der Waals surface area contributed by atoms with Crippen LogP contribution in [0.25, 0.3) is 0 Å². The maximum atomic E-state index is 5.33. The Balaban J connectivity index is 1.60. The van der Waals surface area contributed by atoms with Gasteiger partial charge < -0.3 is 10.6 Å². The van der Waals surface area contributed by atoms with Crippen LogP contribution in [0.2, 0.25) is 0 Å². The van der Waals surface area contributed by atoms with Gasteiger partial charge in [0.25, 0.3) is 0 Å². The van der Waals surface area contributed by atoms with Crippen molar-refractivity contribution in [2.45, 2.75) is 57.9 Å². The molecule has 0 heterocycles. The van der Waals surface area contributed by atoms with Gasteiger partial charge >= 0.3 is 0 Å². The predicted octanol–water partition coefficient (Wildman–Crippen LogP) is 2.83. The lowest BCUT2D eigenvalue weighted by Crippen LogP contribution is -2.42. The molecular formula is C13H24N2S. The van der Waals surface area contributed by atoms with Crippen molar-refractivity contribution in [1.29, 1.82) is 0 Å². The van der Waals surface area contributed by atoms with Crippen molar-refractivity contribution < 1.29 is 0 Å². The molecule has 92 valence electrons. The molecule has 0 saturated heterocycles. The summed E-state index contributed by atoms with van der Waals surface area (Å²) in [6.07, 6.45) is 9.46. The normalized spacial score (nSPS) is 30.6. The van der Waals surface area contributed by atoms with Gasteiger partial charge in [-0.2, -0.15) is 0 Å². The summed E-state index contributed by atoms with van der Waals surface area (Å²) in [7, 11) is 0. The lowest BCUT2D eigenvalue weighted by Gasteiger charge is -2.17. The molecule has 2 atom stereocenters. The quantitative estimate of drug-likeness (QED) is 0.742. The van der Waals surface area contributed by atoms with Gasteiger partial charge in [-0.3, -0.25) is 0 Å². The third-order valence-electron chi connectivity index (χ3n) is 4.05. The average molecular weight is 240 g/mol. The molecule has 2 N–H and O–H groups in total. The van der Waals surface area contributed by atoms with Crippen LogP contribution in [0, 0.1) is 11.8 Å². The molecule has 16 heavy (non-hydrogen) atoms. The van der Waals surface area contributed by atoms with E-state index in [9.17, 15) is 0 Å². The Morgan fingerprint density at radius 3 is 2.56 bits per heavy atom. The fraction of sp³-hybridized carbons (Fsp3) is 0.923. The molecule has 0 amide bonds. The highest BCUT2D eigenvalue weighted by molar-refractivity contribution is 7.80. The van der Waals surface area contributed by atoms with Crippen molar-refractivity contribution in [3.63, 3.8) is 0 Å². The van der Waals surface area contributed by atoms with Crippen molar-refractivity contribution in [2.24, 2.45) is 11.8 Å². The van der Waals surface area contributed by atoms with Crippen molar-refractivity contribution in [2.75, 3.05) is 6.54 Å². The van der Waals surface area contributed by atoms with Crippen LogP contribution in [-0.2, 0) is 0 Å². The highest BCUT2D eigenvalue weighted by atomic mass is 32.1. The average Bonchev–Trinajstić information content (AvgIpc) is 2.87. The molecule has 2 unspecified atom stereocenters. The molecule has 0 spiro atoms. The van der Waals surface area contributed by atoms with E-state index in [0.29, 0.717) is 6.04 Å². The Labute approximate surface area is 105 Å². The topological polar surface area (TPSA) is 24.1 Å². The zero-order chi connectivity index (χ0) is 11.4. The van der Waals surface area contributed by atoms with E-state index in [1.165, 1.54) is 44.9 Å². The Bertz CT molecular complexity index is 236. The molecule has 2 rings (SSSR count). The van der Waals surface area contributed by atoms with Gasteiger partial charge in [0.2, 0.25) is 0 Å². The van der Waals surface area contributed by atoms with Crippen molar-refractivity contribution in [3.05, 3.63) is 0 Å². The second-order valence-corrected chi connectivity index (χ2v) is 6.03. The Hall–Kier alpha value is -0.310. The van der Waals surface area contributed by atoms with Gasteiger partial charge in [-0.05, 0) is 49.7 Å². The lowest BCUT2D eigenvalue weighted by molar-refractivity contribution is 0.502. The summed E-state index contributed by atoms with van der Waals surface area (Å²) in [5.41, 5.74) is 0. The van der Waals surface area contributed by atoms with Gasteiger partial charge in [-0.15, -0.1) is 0 Å². The molecule has 0 aromatic carbocycles. The summed E-state index contributed by atoms with van der Waals surface area (Å²) in [5.74, 6) is 1.77. The molecule has 0 aliphatic heterocycles. The van der Waals surface area contributed by atoms with Gasteiger partial charge in [0, 0.05) is 12.6 Å². The molecule has 2 aliphatic carbocycles. The minimum atomic E-state index is 0.641. The Kier molecular flexibility index (Phi) is 4.45.